The quantitative estimate of drug-likeness (QED) is 0.820. The predicted molar refractivity (Wildman–Crippen MR) is 80.5 cm³/mol. The van der Waals surface area contributed by atoms with Gasteiger partial charge in [-0.25, -0.2) is 0 Å². The van der Waals surface area contributed by atoms with E-state index in [1.807, 2.05) is 24.3 Å². The first kappa shape index (κ1) is 14.8. The van der Waals surface area contributed by atoms with Crippen molar-refractivity contribution < 1.29 is 5.11 Å². The molecule has 106 valence electrons. The molecule has 1 atom stereocenters. The lowest BCUT2D eigenvalue weighted by Gasteiger charge is -2.27. The summed E-state index contributed by atoms with van der Waals surface area (Å²) in [4.78, 5) is 2.48. The van der Waals surface area contributed by atoms with Gasteiger partial charge in [0.15, 0.2) is 0 Å². The van der Waals surface area contributed by atoms with Crippen LogP contribution in [0.4, 0.5) is 0 Å². The minimum absolute atomic E-state index is 0.391. The number of nitrogens with zero attached hydrogens (tertiary/aromatic N) is 1. The highest BCUT2D eigenvalue weighted by atomic mass is 35.5. The fourth-order valence-corrected chi connectivity index (χ4v) is 2.46. The number of rotatable bonds is 7. The Morgan fingerprint density at radius 1 is 1.26 bits per heavy atom. The topological polar surface area (TPSA) is 23.5 Å². The molecule has 1 saturated carbocycles. The largest absolute Gasteiger partial charge is 0.388 e. The Labute approximate surface area is 121 Å². The average Bonchev–Trinajstić information content (AvgIpc) is 3.18. The Bertz CT molecular complexity index is 386. The van der Waals surface area contributed by atoms with Gasteiger partial charge >= 0.3 is 0 Å². The lowest BCUT2D eigenvalue weighted by Crippen LogP contribution is -2.34. The van der Waals surface area contributed by atoms with Crippen LogP contribution < -0.4 is 0 Å². The Hall–Kier alpha value is -0.570. The third kappa shape index (κ3) is 4.79. The van der Waals surface area contributed by atoms with E-state index < -0.39 is 6.10 Å². The maximum Gasteiger partial charge on any atom is 0.0802 e. The van der Waals surface area contributed by atoms with E-state index in [0.29, 0.717) is 11.1 Å². The van der Waals surface area contributed by atoms with Gasteiger partial charge in [-0.05, 0) is 56.7 Å². The summed E-state index contributed by atoms with van der Waals surface area (Å²) in [5, 5.41) is 10.9. The van der Waals surface area contributed by atoms with Crippen LogP contribution in [0.15, 0.2) is 24.3 Å². The summed E-state index contributed by atoms with van der Waals surface area (Å²) in [6.45, 7) is 6.61. The van der Waals surface area contributed by atoms with Crippen LogP contribution in [-0.4, -0.2) is 29.1 Å². The van der Waals surface area contributed by atoms with E-state index in [2.05, 4.69) is 18.7 Å². The molecule has 0 amide bonds. The SMILES string of the molecule is CC(C)N(CCC(O)c1ccc(Cl)cc1)CC1CC1. The van der Waals surface area contributed by atoms with Crippen LogP contribution >= 0.6 is 11.6 Å². The molecule has 0 spiro atoms. The van der Waals surface area contributed by atoms with Crippen molar-refractivity contribution in [2.24, 2.45) is 5.92 Å². The number of hydrogen-bond acceptors (Lipinski definition) is 2. The summed E-state index contributed by atoms with van der Waals surface area (Å²) < 4.78 is 0. The first-order valence-electron chi connectivity index (χ1n) is 7.24. The van der Waals surface area contributed by atoms with Crippen molar-refractivity contribution in [1.82, 2.24) is 4.90 Å². The van der Waals surface area contributed by atoms with Gasteiger partial charge in [-0.3, -0.25) is 0 Å². The number of halogens is 1. The Balaban J connectivity index is 1.83. The summed E-state index contributed by atoms with van der Waals surface area (Å²) >= 11 is 5.86. The molecule has 1 aromatic rings. The molecule has 0 aliphatic heterocycles. The van der Waals surface area contributed by atoms with Crippen LogP contribution in [0.2, 0.25) is 5.02 Å². The zero-order valence-corrected chi connectivity index (χ0v) is 12.6. The van der Waals surface area contributed by atoms with Gasteiger partial charge in [0.25, 0.3) is 0 Å². The van der Waals surface area contributed by atoms with Gasteiger partial charge in [0.1, 0.15) is 0 Å². The van der Waals surface area contributed by atoms with Crippen molar-refractivity contribution in [3.05, 3.63) is 34.9 Å². The molecule has 1 aromatic carbocycles. The van der Waals surface area contributed by atoms with E-state index in [0.717, 1.165) is 24.4 Å². The van der Waals surface area contributed by atoms with E-state index in [-0.39, 0.29) is 0 Å². The highest BCUT2D eigenvalue weighted by Crippen LogP contribution is 2.30. The zero-order chi connectivity index (χ0) is 13.8. The van der Waals surface area contributed by atoms with Gasteiger partial charge in [0.05, 0.1) is 6.10 Å². The van der Waals surface area contributed by atoms with Crippen LogP contribution in [0.1, 0.15) is 44.8 Å². The van der Waals surface area contributed by atoms with Crippen molar-refractivity contribution in [1.29, 1.82) is 0 Å². The Morgan fingerprint density at radius 3 is 2.42 bits per heavy atom. The minimum atomic E-state index is -0.391. The summed E-state index contributed by atoms with van der Waals surface area (Å²) in [5.74, 6) is 0.898. The molecule has 1 fully saturated rings. The van der Waals surface area contributed by atoms with Gasteiger partial charge in [-0.2, -0.15) is 0 Å². The lowest BCUT2D eigenvalue weighted by atomic mass is 10.1. The van der Waals surface area contributed by atoms with Gasteiger partial charge in [-0.15, -0.1) is 0 Å². The standard InChI is InChI=1S/C16H24ClNO/c1-12(2)18(11-13-3-4-13)10-9-16(19)14-5-7-15(17)8-6-14/h5-8,12-13,16,19H,3-4,9-11H2,1-2H3. The summed E-state index contributed by atoms with van der Waals surface area (Å²) in [7, 11) is 0. The predicted octanol–water partition coefficient (Wildman–Crippen LogP) is 3.88. The average molecular weight is 282 g/mol. The van der Waals surface area contributed by atoms with Crippen molar-refractivity contribution >= 4 is 11.6 Å². The van der Waals surface area contributed by atoms with E-state index in [4.69, 9.17) is 11.6 Å². The normalized spacial score (nSPS) is 17.2. The van der Waals surface area contributed by atoms with Crippen LogP contribution in [0, 0.1) is 5.92 Å². The Morgan fingerprint density at radius 2 is 1.89 bits per heavy atom. The summed E-state index contributed by atoms with van der Waals surface area (Å²) in [6.07, 6.45) is 3.15. The lowest BCUT2D eigenvalue weighted by molar-refractivity contribution is 0.127. The minimum Gasteiger partial charge on any atom is -0.388 e. The number of hydrogen-bond donors (Lipinski definition) is 1. The van der Waals surface area contributed by atoms with E-state index >= 15 is 0 Å². The highest BCUT2D eigenvalue weighted by molar-refractivity contribution is 6.30. The second-order valence-corrected chi connectivity index (χ2v) is 6.32. The molecule has 0 aromatic heterocycles. The van der Waals surface area contributed by atoms with Crippen molar-refractivity contribution in [2.75, 3.05) is 13.1 Å². The fraction of sp³-hybridized carbons (Fsp3) is 0.625. The molecule has 3 heteroatoms. The van der Waals surface area contributed by atoms with Crippen LogP contribution in [0.25, 0.3) is 0 Å². The maximum atomic E-state index is 10.2. The molecule has 19 heavy (non-hydrogen) atoms. The van der Waals surface area contributed by atoms with Gasteiger partial charge in [0.2, 0.25) is 0 Å². The molecule has 0 radical (unpaired) electrons. The highest BCUT2D eigenvalue weighted by Gasteiger charge is 2.25. The molecule has 2 nitrogen and oxygen atoms in total. The maximum absolute atomic E-state index is 10.2. The Kier molecular flexibility index (Phi) is 5.26. The van der Waals surface area contributed by atoms with Gasteiger partial charge in [0, 0.05) is 24.2 Å². The molecular weight excluding hydrogens is 258 g/mol. The molecule has 1 aliphatic carbocycles. The third-order valence-electron chi connectivity index (χ3n) is 3.86. The molecule has 2 rings (SSSR count). The summed E-state index contributed by atoms with van der Waals surface area (Å²) in [5.41, 5.74) is 0.958. The molecular formula is C16H24ClNO. The number of aliphatic hydroxyl groups is 1. The molecule has 1 unspecified atom stereocenters. The van der Waals surface area contributed by atoms with Crippen molar-refractivity contribution in [3.63, 3.8) is 0 Å². The van der Waals surface area contributed by atoms with Crippen molar-refractivity contribution in [2.45, 2.75) is 45.3 Å². The van der Waals surface area contributed by atoms with E-state index in [9.17, 15) is 5.11 Å². The molecule has 0 heterocycles. The fourth-order valence-electron chi connectivity index (χ4n) is 2.33. The monoisotopic (exact) mass is 281 g/mol. The third-order valence-corrected chi connectivity index (χ3v) is 4.12. The zero-order valence-electron chi connectivity index (χ0n) is 11.8. The van der Waals surface area contributed by atoms with Crippen LogP contribution in [0.3, 0.4) is 0 Å². The number of aliphatic hydroxyl groups excluding tert-OH is 1. The van der Waals surface area contributed by atoms with Crippen LogP contribution in [-0.2, 0) is 0 Å². The number of benzene rings is 1. The van der Waals surface area contributed by atoms with Crippen LogP contribution in [0.5, 0.6) is 0 Å². The second kappa shape index (κ2) is 6.74. The second-order valence-electron chi connectivity index (χ2n) is 5.89. The summed E-state index contributed by atoms with van der Waals surface area (Å²) in [6, 6.07) is 8.05. The van der Waals surface area contributed by atoms with E-state index in [1.54, 1.807) is 0 Å². The van der Waals surface area contributed by atoms with Gasteiger partial charge < -0.3 is 10.0 Å². The molecule has 0 bridgehead atoms. The van der Waals surface area contributed by atoms with E-state index in [1.165, 1.54) is 19.4 Å². The van der Waals surface area contributed by atoms with Gasteiger partial charge in [-0.1, -0.05) is 23.7 Å². The smallest absolute Gasteiger partial charge is 0.0802 e. The first-order valence-corrected chi connectivity index (χ1v) is 7.61. The molecule has 1 N–H and O–H groups in total. The first-order chi connectivity index (χ1) is 9.06. The molecule has 0 saturated heterocycles. The van der Waals surface area contributed by atoms with Crippen molar-refractivity contribution in [3.8, 4) is 0 Å². The molecule has 1 aliphatic rings.